The van der Waals surface area contributed by atoms with Gasteiger partial charge in [-0.2, -0.15) is 0 Å². The fourth-order valence-corrected chi connectivity index (χ4v) is 2.53. The zero-order chi connectivity index (χ0) is 15.4. The van der Waals surface area contributed by atoms with E-state index in [1.807, 2.05) is 0 Å². The van der Waals surface area contributed by atoms with Crippen LogP contribution in [-0.4, -0.2) is 54.6 Å². The molecule has 0 spiro atoms. The Bertz CT molecular complexity index is 543. The first-order valence-corrected chi connectivity index (χ1v) is 7.45. The Morgan fingerprint density at radius 2 is 1.76 bits per heavy atom. The molecule has 5 nitrogen and oxygen atoms in total. The van der Waals surface area contributed by atoms with E-state index in [4.69, 9.17) is 27.9 Å². The van der Waals surface area contributed by atoms with Crippen LogP contribution in [0.2, 0.25) is 10.0 Å². The zero-order valence-corrected chi connectivity index (χ0v) is 13.2. The molecule has 2 rings (SSSR count). The molecule has 1 saturated heterocycles. The summed E-state index contributed by atoms with van der Waals surface area (Å²) in [5.41, 5.74) is 0.383. The van der Waals surface area contributed by atoms with Crippen molar-refractivity contribution in [2.45, 2.75) is 6.92 Å². The highest BCUT2D eigenvalue weighted by atomic mass is 35.5. The van der Waals surface area contributed by atoms with Gasteiger partial charge in [-0.25, -0.2) is 4.79 Å². The summed E-state index contributed by atoms with van der Waals surface area (Å²) in [7, 11) is 0. The van der Waals surface area contributed by atoms with Gasteiger partial charge in [-0.3, -0.25) is 4.79 Å². The van der Waals surface area contributed by atoms with Crippen LogP contribution in [0, 0.1) is 0 Å². The number of halogens is 2. The second-order valence-corrected chi connectivity index (χ2v) is 5.36. The average molecular weight is 331 g/mol. The van der Waals surface area contributed by atoms with E-state index in [0.717, 1.165) is 0 Å². The molecule has 2 amide bonds. The van der Waals surface area contributed by atoms with Gasteiger partial charge in [-0.1, -0.05) is 29.3 Å². The van der Waals surface area contributed by atoms with Crippen molar-refractivity contribution in [2.24, 2.45) is 0 Å². The second kappa shape index (κ2) is 7.00. The molecule has 1 aliphatic rings. The van der Waals surface area contributed by atoms with Crippen molar-refractivity contribution in [2.75, 3.05) is 32.8 Å². The minimum Gasteiger partial charge on any atom is -0.450 e. The molecule has 0 aromatic heterocycles. The van der Waals surface area contributed by atoms with Crippen molar-refractivity contribution in [1.29, 1.82) is 0 Å². The molecule has 0 bridgehead atoms. The van der Waals surface area contributed by atoms with Crippen molar-refractivity contribution in [3.05, 3.63) is 33.8 Å². The molecule has 1 aliphatic heterocycles. The Hall–Kier alpha value is -1.46. The van der Waals surface area contributed by atoms with Gasteiger partial charge in [0, 0.05) is 26.2 Å². The lowest BCUT2D eigenvalue weighted by Crippen LogP contribution is -2.50. The molecule has 1 fully saturated rings. The third kappa shape index (κ3) is 3.60. The first kappa shape index (κ1) is 15.9. The van der Waals surface area contributed by atoms with Crippen LogP contribution in [0.15, 0.2) is 18.2 Å². The maximum Gasteiger partial charge on any atom is 0.409 e. The minimum atomic E-state index is -0.342. The molecule has 0 aliphatic carbocycles. The smallest absolute Gasteiger partial charge is 0.409 e. The third-order valence-electron chi connectivity index (χ3n) is 3.27. The van der Waals surface area contributed by atoms with Gasteiger partial charge in [0.05, 0.1) is 22.2 Å². The zero-order valence-electron chi connectivity index (χ0n) is 11.6. The molecule has 114 valence electrons. The number of nitrogens with zero attached hydrogens (tertiary/aromatic N) is 2. The van der Waals surface area contributed by atoms with Crippen LogP contribution < -0.4 is 0 Å². The van der Waals surface area contributed by atoms with Gasteiger partial charge in [0.15, 0.2) is 0 Å². The van der Waals surface area contributed by atoms with Gasteiger partial charge in [-0.15, -0.1) is 0 Å². The van der Waals surface area contributed by atoms with Gasteiger partial charge in [0.1, 0.15) is 0 Å². The number of ether oxygens (including phenoxy) is 1. The highest BCUT2D eigenvalue weighted by molar-refractivity contribution is 6.43. The van der Waals surface area contributed by atoms with Crippen molar-refractivity contribution in [1.82, 2.24) is 9.80 Å². The van der Waals surface area contributed by atoms with Crippen molar-refractivity contribution < 1.29 is 14.3 Å². The van der Waals surface area contributed by atoms with Gasteiger partial charge in [-0.05, 0) is 19.1 Å². The molecule has 7 heteroatoms. The van der Waals surface area contributed by atoms with Crippen LogP contribution in [0.5, 0.6) is 0 Å². The first-order valence-electron chi connectivity index (χ1n) is 6.69. The highest BCUT2D eigenvalue weighted by Crippen LogP contribution is 2.26. The van der Waals surface area contributed by atoms with Gasteiger partial charge >= 0.3 is 6.09 Å². The number of benzene rings is 1. The van der Waals surface area contributed by atoms with Crippen LogP contribution >= 0.6 is 23.2 Å². The number of piperazine rings is 1. The molecule has 1 aromatic rings. The van der Waals surface area contributed by atoms with E-state index in [-0.39, 0.29) is 17.0 Å². The van der Waals surface area contributed by atoms with E-state index in [2.05, 4.69) is 0 Å². The Morgan fingerprint density at radius 1 is 1.14 bits per heavy atom. The fraction of sp³-hybridized carbons (Fsp3) is 0.429. The van der Waals surface area contributed by atoms with Crippen molar-refractivity contribution in [3.8, 4) is 0 Å². The standard InChI is InChI=1S/C14H16Cl2N2O3/c1-2-21-14(20)18-8-6-17(7-9-18)13(19)10-4-3-5-11(15)12(10)16/h3-5H,2,6-9H2,1H3. The summed E-state index contributed by atoms with van der Waals surface area (Å²) in [6.07, 6.45) is -0.342. The topological polar surface area (TPSA) is 49.9 Å². The lowest BCUT2D eigenvalue weighted by Gasteiger charge is -2.34. The normalized spacial score (nSPS) is 15.0. The number of rotatable bonds is 2. The summed E-state index contributed by atoms with van der Waals surface area (Å²) in [4.78, 5) is 27.3. The maximum absolute atomic E-state index is 12.4. The Labute approximate surface area is 133 Å². The Kier molecular flexibility index (Phi) is 5.31. The monoisotopic (exact) mass is 330 g/mol. The number of carbonyl (C=O) groups is 2. The number of hydrogen-bond donors (Lipinski definition) is 0. The average Bonchev–Trinajstić information content (AvgIpc) is 2.50. The quantitative estimate of drug-likeness (QED) is 0.837. The van der Waals surface area contributed by atoms with Crippen LogP contribution in [0.25, 0.3) is 0 Å². The Balaban J connectivity index is 2.00. The summed E-state index contributed by atoms with van der Waals surface area (Å²) in [6, 6.07) is 4.98. The molecule has 0 saturated carbocycles. The van der Waals surface area contributed by atoms with Gasteiger partial charge in [0.2, 0.25) is 0 Å². The summed E-state index contributed by atoms with van der Waals surface area (Å²) in [5.74, 6) is -0.175. The first-order chi connectivity index (χ1) is 10.0. The Morgan fingerprint density at radius 3 is 2.38 bits per heavy atom. The highest BCUT2D eigenvalue weighted by Gasteiger charge is 2.26. The maximum atomic E-state index is 12.4. The fourth-order valence-electron chi connectivity index (χ4n) is 2.15. The molecular weight excluding hydrogens is 315 g/mol. The molecule has 0 radical (unpaired) electrons. The van der Waals surface area contributed by atoms with E-state index in [0.29, 0.717) is 43.4 Å². The largest absolute Gasteiger partial charge is 0.450 e. The van der Waals surface area contributed by atoms with Crippen LogP contribution in [0.1, 0.15) is 17.3 Å². The summed E-state index contributed by atoms with van der Waals surface area (Å²) in [6.45, 7) is 3.89. The van der Waals surface area contributed by atoms with E-state index >= 15 is 0 Å². The summed E-state index contributed by atoms with van der Waals surface area (Å²) in [5, 5.41) is 0.615. The predicted molar refractivity (Wildman–Crippen MR) is 81.0 cm³/mol. The number of amides is 2. The molecule has 0 atom stereocenters. The SMILES string of the molecule is CCOC(=O)N1CCN(C(=O)c2cccc(Cl)c2Cl)CC1. The molecular formula is C14H16Cl2N2O3. The molecule has 21 heavy (non-hydrogen) atoms. The number of hydrogen-bond acceptors (Lipinski definition) is 3. The number of carbonyl (C=O) groups excluding carboxylic acids is 2. The lowest BCUT2D eigenvalue weighted by molar-refractivity contribution is 0.0570. The van der Waals surface area contributed by atoms with E-state index in [9.17, 15) is 9.59 Å². The molecule has 0 unspecified atom stereocenters. The minimum absolute atomic E-state index is 0.175. The van der Waals surface area contributed by atoms with Gasteiger partial charge < -0.3 is 14.5 Å². The van der Waals surface area contributed by atoms with Gasteiger partial charge in [0.25, 0.3) is 5.91 Å². The molecule has 1 heterocycles. The summed E-state index contributed by atoms with van der Waals surface area (Å²) < 4.78 is 4.94. The predicted octanol–water partition coefficient (Wildman–Crippen LogP) is 2.91. The molecule has 1 aromatic carbocycles. The third-order valence-corrected chi connectivity index (χ3v) is 4.09. The van der Waals surface area contributed by atoms with Crippen LogP contribution in [-0.2, 0) is 4.74 Å². The lowest BCUT2D eigenvalue weighted by atomic mass is 10.2. The van der Waals surface area contributed by atoms with Crippen molar-refractivity contribution in [3.63, 3.8) is 0 Å². The van der Waals surface area contributed by atoms with Crippen LogP contribution in [0.4, 0.5) is 4.79 Å². The van der Waals surface area contributed by atoms with E-state index < -0.39 is 0 Å². The van der Waals surface area contributed by atoms with E-state index in [1.165, 1.54) is 0 Å². The van der Waals surface area contributed by atoms with Crippen molar-refractivity contribution >= 4 is 35.2 Å². The second-order valence-electron chi connectivity index (χ2n) is 4.58. The van der Waals surface area contributed by atoms with Crippen LogP contribution in [0.3, 0.4) is 0 Å². The summed E-state index contributed by atoms with van der Waals surface area (Å²) >= 11 is 12.0. The molecule has 0 N–H and O–H groups in total. The van der Waals surface area contributed by atoms with E-state index in [1.54, 1.807) is 34.9 Å².